The third-order valence-corrected chi connectivity index (χ3v) is 2.88. The van der Waals surface area contributed by atoms with E-state index in [0.717, 1.165) is 10.0 Å². The Hall–Kier alpha value is -1.89. The maximum atomic E-state index is 12.1. The minimum absolute atomic E-state index is 0.175. The Bertz CT molecular complexity index is 555. The maximum absolute atomic E-state index is 12.1. The Labute approximate surface area is 119 Å². The summed E-state index contributed by atoms with van der Waals surface area (Å²) in [6.07, 6.45) is 5.07. The summed E-state index contributed by atoms with van der Waals surface area (Å²) in [5, 5.41) is 12.4. The van der Waals surface area contributed by atoms with E-state index in [2.05, 4.69) is 41.7 Å². The lowest BCUT2D eigenvalue weighted by Crippen LogP contribution is -2.24. The van der Waals surface area contributed by atoms with Gasteiger partial charge in [-0.3, -0.25) is 9.89 Å². The van der Waals surface area contributed by atoms with Crippen molar-refractivity contribution < 1.29 is 4.79 Å². The molecule has 19 heavy (non-hydrogen) atoms. The van der Waals surface area contributed by atoms with Crippen LogP contribution in [0.4, 0.5) is 5.82 Å². The van der Waals surface area contributed by atoms with Crippen molar-refractivity contribution >= 4 is 27.7 Å². The van der Waals surface area contributed by atoms with Gasteiger partial charge in [0.05, 0.1) is 11.8 Å². The van der Waals surface area contributed by atoms with Crippen LogP contribution in [0.1, 0.15) is 22.8 Å². The molecule has 100 valence electrons. The molecule has 0 fully saturated rings. The first-order valence-corrected chi connectivity index (χ1v) is 6.65. The van der Waals surface area contributed by atoms with Gasteiger partial charge in [-0.1, -0.05) is 0 Å². The molecular weight excluding hydrogens is 310 g/mol. The van der Waals surface area contributed by atoms with Crippen LogP contribution in [-0.4, -0.2) is 27.6 Å². The van der Waals surface area contributed by atoms with E-state index in [-0.39, 0.29) is 5.91 Å². The summed E-state index contributed by atoms with van der Waals surface area (Å²) in [6, 6.07) is 1.75. The lowest BCUT2D eigenvalue weighted by molar-refractivity contribution is 0.0951. The number of pyridine rings is 1. The van der Waals surface area contributed by atoms with Crippen molar-refractivity contribution in [2.75, 3.05) is 11.9 Å². The lowest BCUT2D eigenvalue weighted by atomic mass is 10.2. The van der Waals surface area contributed by atoms with Gasteiger partial charge in [0.2, 0.25) is 0 Å². The second-order valence-electron chi connectivity index (χ2n) is 3.87. The number of hydrogen-bond acceptors (Lipinski definition) is 4. The molecule has 2 rings (SSSR count). The number of H-pyrrole nitrogens is 1. The van der Waals surface area contributed by atoms with Crippen molar-refractivity contribution in [2.45, 2.75) is 13.5 Å². The van der Waals surface area contributed by atoms with E-state index in [1.54, 1.807) is 24.7 Å². The van der Waals surface area contributed by atoms with E-state index in [1.807, 2.05) is 6.92 Å². The normalized spacial score (nSPS) is 10.2. The van der Waals surface area contributed by atoms with Crippen LogP contribution in [0.15, 0.2) is 29.1 Å². The number of aromatic nitrogens is 3. The monoisotopic (exact) mass is 323 g/mol. The summed E-state index contributed by atoms with van der Waals surface area (Å²) >= 11 is 3.32. The van der Waals surface area contributed by atoms with Gasteiger partial charge in [-0.25, -0.2) is 4.98 Å². The molecule has 1 amide bonds. The Kier molecular flexibility index (Phi) is 4.51. The molecule has 0 spiro atoms. The molecule has 3 N–H and O–H groups in total. The third-order valence-electron chi connectivity index (χ3n) is 2.45. The molecule has 0 aliphatic carbocycles. The highest BCUT2D eigenvalue weighted by Crippen LogP contribution is 2.18. The molecule has 2 aromatic rings. The average Bonchev–Trinajstić information content (AvgIpc) is 2.91. The van der Waals surface area contributed by atoms with Crippen molar-refractivity contribution in [3.8, 4) is 0 Å². The standard InChI is InChI=1S/C12H14BrN5O/c1-2-14-11-10(3-9(13)7-15-11)12(19)16-4-8-5-17-18-6-8/h3,5-7H,2,4H2,1H3,(H,14,15)(H,16,19)(H,17,18). The fraction of sp³-hybridized carbons (Fsp3) is 0.250. The predicted molar refractivity (Wildman–Crippen MR) is 75.9 cm³/mol. The summed E-state index contributed by atoms with van der Waals surface area (Å²) in [6.45, 7) is 3.08. The number of nitrogens with one attached hydrogen (secondary N) is 3. The van der Waals surface area contributed by atoms with Crippen LogP contribution < -0.4 is 10.6 Å². The molecule has 2 heterocycles. The molecule has 0 unspecified atom stereocenters. The van der Waals surface area contributed by atoms with Crippen LogP contribution >= 0.6 is 15.9 Å². The largest absolute Gasteiger partial charge is 0.370 e. The molecule has 0 aliphatic heterocycles. The van der Waals surface area contributed by atoms with Gasteiger partial charge < -0.3 is 10.6 Å². The summed E-state index contributed by atoms with van der Waals surface area (Å²) in [4.78, 5) is 16.3. The van der Waals surface area contributed by atoms with Gasteiger partial charge in [-0.15, -0.1) is 0 Å². The summed E-state index contributed by atoms with van der Waals surface area (Å²) < 4.78 is 0.766. The first-order chi connectivity index (χ1) is 9.20. The van der Waals surface area contributed by atoms with Crippen molar-refractivity contribution in [1.82, 2.24) is 20.5 Å². The zero-order chi connectivity index (χ0) is 13.7. The van der Waals surface area contributed by atoms with Gasteiger partial charge in [0.1, 0.15) is 5.82 Å². The van der Waals surface area contributed by atoms with Crippen molar-refractivity contribution in [3.63, 3.8) is 0 Å². The van der Waals surface area contributed by atoms with Gasteiger partial charge in [0.25, 0.3) is 5.91 Å². The second kappa shape index (κ2) is 6.33. The number of amides is 1. The number of carbonyl (C=O) groups excluding carboxylic acids is 1. The second-order valence-corrected chi connectivity index (χ2v) is 4.78. The number of aromatic amines is 1. The van der Waals surface area contributed by atoms with E-state index in [1.165, 1.54) is 0 Å². The molecule has 0 bridgehead atoms. The van der Waals surface area contributed by atoms with E-state index in [4.69, 9.17) is 0 Å². The fourth-order valence-electron chi connectivity index (χ4n) is 1.57. The Morgan fingerprint density at radius 1 is 1.47 bits per heavy atom. The Morgan fingerprint density at radius 2 is 2.32 bits per heavy atom. The molecule has 0 aliphatic rings. The van der Waals surface area contributed by atoms with Crippen LogP contribution in [0.2, 0.25) is 0 Å². The molecule has 6 nitrogen and oxygen atoms in total. The van der Waals surface area contributed by atoms with Gasteiger partial charge >= 0.3 is 0 Å². The lowest BCUT2D eigenvalue weighted by Gasteiger charge is -2.10. The minimum atomic E-state index is -0.175. The van der Waals surface area contributed by atoms with Gasteiger partial charge in [0, 0.05) is 35.5 Å². The highest BCUT2D eigenvalue weighted by Gasteiger charge is 2.13. The molecule has 0 saturated heterocycles. The number of anilines is 1. The summed E-state index contributed by atoms with van der Waals surface area (Å²) in [5.41, 5.74) is 1.43. The van der Waals surface area contributed by atoms with Crippen LogP contribution in [0.25, 0.3) is 0 Å². The number of rotatable bonds is 5. The third kappa shape index (κ3) is 3.54. The average molecular weight is 324 g/mol. The zero-order valence-electron chi connectivity index (χ0n) is 10.4. The molecule has 0 aromatic carbocycles. The number of halogens is 1. The molecule has 7 heteroatoms. The first-order valence-electron chi connectivity index (χ1n) is 5.86. The van der Waals surface area contributed by atoms with Gasteiger partial charge in [-0.05, 0) is 28.9 Å². The minimum Gasteiger partial charge on any atom is -0.370 e. The van der Waals surface area contributed by atoms with Crippen molar-refractivity contribution in [3.05, 3.63) is 40.3 Å². The molecule has 2 aromatic heterocycles. The van der Waals surface area contributed by atoms with Crippen LogP contribution in [0.3, 0.4) is 0 Å². The number of carbonyl (C=O) groups is 1. The van der Waals surface area contributed by atoms with Gasteiger partial charge in [0.15, 0.2) is 0 Å². The highest BCUT2D eigenvalue weighted by molar-refractivity contribution is 9.10. The zero-order valence-corrected chi connectivity index (χ0v) is 12.0. The van der Waals surface area contributed by atoms with Crippen LogP contribution in [0, 0.1) is 0 Å². The van der Waals surface area contributed by atoms with Crippen molar-refractivity contribution in [1.29, 1.82) is 0 Å². The smallest absolute Gasteiger partial charge is 0.255 e. The molecule has 0 radical (unpaired) electrons. The Morgan fingerprint density at radius 3 is 3.00 bits per heavy atom. The van der Waals surface area contributed by atoms with E-state index in [9.17, 15) is 4.79 Å². The van der Waals surface area contributed by atoms with Crippen LogP contribution in [-0.2, 0) is 6.54 Å². The summed E-state index contributed by atoms with van der Waals surface area (Å²) in [5.74, 6) is 0.404. The predicted octanol–water partition coefficient (Wildman–Crippen LogP) is 1.93. The molecule has 0 atom stereocenters. The summed E-state index contributed by atoms with van der Waals surface area (Å²) in [7, 11) is 0. The topological polar surface area (TPSA) is 82.7 Å². The highest BCUT2D eigenvalue weighted by atomic mass is 79.9. The van der Waals surface area contributed by atoms with Crippen molar-refractivity contribution in [2.24, 2.45) is 0 Å². The Balaban J connectivity index is 2.11. The first kappa shape index (κ1) is 13.5. The van der Waals surface area contributed by atoms with Crippen LogP contribution in [0.5, 0.6) is 0 Å². The SMILES string of the molecule is CCNc1ncc(Br)cc1C(=O)NCc1cn[nH]c1. The quantitative estimate of drug-likeness (QED) is 0.785. The van der Waals surface area contributed by atoms with E-state index >= 15 is 0 Å². The fourth-order valence-corrected chi connectivity index (χ4v) is 1.90. The van der Waals surface area contributed by atoms with Gasteiger partial charge in [-0.2, -0.15) is 5.10 Å². The number of nitrogens with zero attached hydrogens (tertiary/aromatic N) is 2. The van der Waals surface area contributed by atoms with E-state index < -0.39 is 0 Å². The maximum Gasteiger partial charge on any atom is 0.255 e. The molecule has 0 saturated carbocycles. The number of hydrogen-bond donors (Lipinski definition) is 3. The molecular formula is C12H14BrN5O. The van der Waals surface area contributed by atoms with E-state index in [0.29, 0.717) is 24.5 Å².